The molecule has 1 fully saturated rings. The lowest BCUT2D eigenvalue weighted by atomic mass is 9.80. The molecule has 0 saturated carbocycles. The van der Waals surface area contributed by atoms with Gasteiger partial charge in [-0.15, -0.1) is 0 Å². The molecule has 1 rings (SSSR count). The highest BCUT2D eigenvalue weighted by atomic mass is 16.3. The first-order chi connectivity index (χ1) is 9.10. The van der Waals surface area contributed by atoms with Crippen LogP contribution in [0.1, 0.15) is 52.9 Å². The third-order valence-electron chi connectivity index (χ3n) is 5.02. The molecule has 0 atom stereocenters. The summed E-state index contributed by atoms with van der Waals surface area (Å²) >= 11 is 0. The van der Waals surface area contributed by atoms with Crippen LogP contribution in [0.5, 0.6) is 0 Å². The molecule has 0 aromatic heterocycles. The molecule has 0 bridgehead atoms. The molecule has 0 aromatic rings. The van der Waals surface area contributed by atoms with Gasteiger partial charge in [-0.25, -0.2) is 4.79 Å². The molecule has 1 saturated heterocycles. The van der Waals surface area contributed by atoms with Crippen molar-refractivity contribution in [2.75, 3.05) is 26.2 Å². The summed E-state index contributed by atoms with van der Waals surface area (Å²) in [7, 11) is 0. The number of carbonyl (C=O) groups excluding carboxylic acids is 1. The summed E-state index contributed by atoms with van der Waals surface area (Å²) in [6.07, 6.45) is 5.15. The highest BCUT2D eigenvalue weighted by Crippen LogP contribution is 2.29. The molecule has 2 amide bonds. The van der Waals surface area contributed by atoms with Gasteiger partial charge in [-0.3, -0.25) is 0 Å². The Morgan fingerprint density at radius 2 is 1.74 bits per heavy atom. The molecular weight excluding hydrogens is 240 g/mol. The highest BCUT2D eigenvalue weighted by Gasteiger charge is 2.27. The van der Waals surface area contributed by atoms with Crippen molar-refractivity contribution in [3.8, 4) is 0 Å². The minimum absolute atomic E-state index is 0.0658. The molecular formula is C15H30N2O2. The topological polar surface area (TPSA) is 52.6 Å². The van der Waals surface area contributed by atoms with Gasteiger partial charge in [0.2, 0.25) is 0 Å². The second kappa shape index (κ2) is 7.73. The van der Waals surface area contributed by atoms with Gasteiger partial charge in [0.05, 0.1) is 0 Å². The van der Waals surface area contributed by atoms with E-state index in [1.54, 1.807) is 0 Å². The molecule has 0 unspecified atom stereocenters. The van der Waals surface area contributed by atoms with Gasteiger partial charge in [-0.05, 0) is 43.4 Å². The largest absolute Gasteiger partial charge is 0.396 e. The smallest absolute Gasteiger partial charge is 0.317 e. The number of nitrogens with zero attached hydrogens (tertiary/aromatic N) is 1. The van der Waals surface area contributed by atoms with Crippen LogP contribution in [-0.4, -0.2) is 42.3 Å². The summed E-state index contributed by atoms with van der Waals surface area (Å²) in [4.78, 5) is 14.0. The predicted octanol–water partition coefficient (Wildman–Crippen LogP) is 2.62. The van der Waals surface area contributed by atoms with Crippen LogP contribution in [0.25, 0.3) is 0 Å². The SMILES string of the molecule is CCC(CC)(CC)CNC(=O)N1CCC(CO)CC1. The van der Waals surface area contributed by atoms with Crippen LogP contribution in [0.15, 0.2) is 0 Å². The number of likely N-dealkylation sites (tertiary alicyclic amines) is 1. The Morgan fingerprint density at radius 1 is 1.21 bits per heavy atom. The van der Waals surface area contributed by atoms with E-state index in [9.17, 15) is 4.79 Å². The lowest BCUT2D eigenvalue weighted by Crippen LogP contribution is -2.47. The summed E-state index contributed by atoms with van der Waals surface area (Å²) in [6.45, 7) is 9.17. The average molecular weight is 270 g/mol. The van der Waals surface area contributed by atoms with Crippen molar-refractivity contribution in [2.24, 2.45) is 11.3 Å². The number of hydrogen-bond donors (Lipinski definition) is 2. The Hall–Kier alpha value is -0.770. The molecule has 4 heteroatoms. The summed E-state index contributed by atoms with van der Waals surface area (Å²) in [5.41, 5.74) is 0.249. The zero-order valence-corrected chi connectivity index (χ0v) is 12.7. The number of nitrogens with one attached hydrogen (secondary N) is 1. The van der Waals surface area contributed by atoms with Crippen LogP contribution < -0.4 is 5.32 Å². The molecule has 0 aromatic carbocycles. The Balaban J connectivity index is 2.39. The molecule has 19 heavy (non-hydrogen) atoms. The molecule has 0 radical (unpaired) electrons. The van der Waals surface area contributed by atoms with Gasteiger partial charge >= 0.3 is 6.03 Å². The third kappa shape index (κ3) is 4.37. The average Bonchev–Trinajstić information content (AvgIpc) is 2.49. The number of urea groups is 1. The number of piperidine rings is 1. The van der Waals surface area contributed by atoms with Gasteiger partial charge in [0.1, 0.15) is 0 Å². The standard InChI is InChI=1S/C15H30N2O2/c1-4-15(5-2,6-3)12-16-14(19)17-9-7-13(11-18)8-10-17/h13,18H,4-12H2,1-3H3,(H,16,19). The highest BCUT2D eigenvalue weighted by molar-refractivity contribution is 5.74. The minimum atomic E-state index is 0.0658. The van der Waals surface area contributed by atoms with Crippen LogP contribution in [0.3, 0.4) is 0 Å². The maximum Gasteiger partial charge on any atom is 0.317 e. The minimum Gasteiger partial charge on any atom is -0.396 e. The van der Waals surface area contributed by atoms with Gasteiger partial charge in [-0.2, -0.15) is 0 Å². The van der Waals surface area contributed by atoms with E-state index in [2.05, 4.69) is 26.1 Å². The Labute approximate surface area is 117 Å². The molecule has 1 aliphatic heterocycles. The monoisotopic (exact) mass is 270 g/mol. The number of aliphatic hydroxyl groups is 1. The van der Waals surface area contributed by atoms with Crippen LogP contribution in [0.4, 0.5) is 4.79 Å². The van der Waals surface area contributed by atoms with Crippen LogP contribution >= 0.6 is 0 Å². The van der Waals surface area contributed by atoms with Crippen molar-refractivity contribution in [1.29, 1.82) is 0 Å². The number of amides is 2. The molecule has 0 aliphatic carbocycles. The van der Waals surface area contributed by atoms with E-state index < -0.39 is 0 Å². The van der Waals surface area contributed by atoms with Crippen molar-refractivity contribution in [3.63, 3.8) is 0 Å². The number of hydrogen-bond acceptors (Lipinski definition) is 2. The quantitative estimate of drug-likeness (QED) is 0.779. The summed E-state index contributed by atoms with van der Waals surface area (Å²) < 4.78 is 0. The van der Waals surface area contributed by atoms with E-state index in [1.807, 2.05) is 4.90 Å². The van der Waals surface area contributed by atoms with Crippen molar-refractivity contribution in [2.45, 2.75) is 52.9 Å². The van der Waals surface area contributed by atoms with Crippen LogP contribution in [0.2, 0.25) is 0 Å². The van der Waals surface area contributed by atoms with E-state index >= 15 is 0 Å². The Bertz CT molecular complexity index is 261. The van der Waals surface area contributed by atoms with E-state index in [0.717, 1.165) is 51.7 Å². The first kappa shape index (κ1) is 16.3. The van der Waals surface area contributed by atoms with Crippen LogP contribution in [-0.2, 0) is 0 Å². The fourth-order valence-corrected chi connectivity index (χ4v) is 2.82. The molecule has 0 spiro atoms. The van der Waals surface area contributed by atoms with Gasteiger partial charge in [0.25, 0.3) is 0 Å². The first-order valence-corrected chi connectivity index (χ1v) is 7.74. The van der Waals surface area contributed by atoms with E-state index in [1.165, 1.54) is 0 Å². The maximum absolute atomic E-state index is 12.1. The van der Waals surface area contributed by atoms with Crippen molar-refractivity contribution < 1.29 is 9.90 Å². The third-order valence-corrected chi connectivity index (χ3v) is 5.02. The lowest BCUT2D eigenvalue weighted by Gasteiger charge is -2.34. The number of aliphatic hydroxyl groups excluding tert-OH is 1. The molecule has 112 valence electrons. The normalized spacial score (nSPS) is 17.6. The summed E-state index contributed by atoms with van der Waals surface area (Å²) in [6, 6.07) is 0.0658. The van der Waals surface area contributed by atoms with Gasteiger partial charge in [-0.1, -0.05) is 20.8 Å². The van der Waals surface area contributed by atoms with E-state index in [0.29, 0.717) is 5.92 Å². The summed E-state index contributed by atoms with van der Waals surface area (Å²) in [5.74, 6) is 0.380. The first-order valence-electron chi connectivity index (χ1n) is 7.74. The lowest BCUT2D eigenvalue weighted by molar-refractivity contribution is 0.133. The number of rotatable bonds is 6. The van der Waals surface area contributed by atoms with Crippen molar-refractivity contribution in [3.05, 3.63) is 0 Å². The number of carbonyl (C=O) groups is 1. The zero-order valence-electron chi connectivity index (χ0n) is 12.7. The van der Waals surface area contributed by atoms with Crippen molar-refractivity contribution in [1.82, 2.24) is 10.2 Å². The van der Waals surface area contributed by atoms with E-state index in [-0.39, 0.29) is 18.1 Å². The second-order valence-electron chi connectivity index (χ2n) is 5.83. The van der Waals surface area contributed by atoms with Gasteiger partial charge in [0, 0.05) is 26.2 Å². The molecule has 2 N–H and O–H groups in total. The fraction of sp³-hybridized carbons (Fsp3) is 0.933. The van der Waals surface area contributed by atoms with Crippen molar-refractivity contribution >= 4 is 6.03 Å². The molecule has 1 heterocycles. The molecule has 4 nitrogen and oxygen atoms in total. The predicted molar refractivity (Wildman–Crippen MR) is 78.1 cm³/mol. The molecule has 1 aliphatic rings. The fourth-order valence-electron chi connectivity index (χ4n) is 2.82. The van der Waals surface area contributed by atoms with Gasteiger partial charge < -0.3 is 15.3 Å². The Kier molecular flexibility index (Phi) is 6.63. The van der Waals surface area contributed by atoms with E-state index in [4.69, 9.17) is 5.11 Å². The van der Waals surface area contributed by atoms with Gasteiger partial charge in [0.15, 0.2) is 0 Å². The second-order valence-corrected chi connectivity index (χ2v) is 5.83. The summed E-state index contributed by atoms with van der Waals surface area (Å²) in [5, 5.41) is 12.2. The van der Waals surface area contributed by atoms with Crippen LogP contribution in [0, 0.1) is 11.3 Å². The zero-order chi connectivity index (χ0) is 14.3. The maximum atomic E-state index is 12.1. The Morgan fingerprint density at radius 3 is 2.16 bits per heavy atom.